The van der Waals surface area contributed by atoms with Gasteiger partial charge in [0.15, 0.2) is 0 Å². The molecule has 2 rings (SSSR count). The first-order valence-corrected chi connectivity index (χ1v) is 7.54. The molecule has 1 aromatic heterocycles. The zero-order valence-corrected chi connectivity index (χ0v) is 12.7. The third-order valence-electron chi connectivity index (χ3n) is 4.64. The monoisotopic (exact) mass is 278 g/mol. The van der Waals surface area contributed by atoms with Crippen LogP contribution in [0.1, 0.15) is 57.1 Å². The number of nitrogens with two attached hydrogens (primary N) is 1. The first-order chi connectivity index (χ1) is 9.47. The summed E-state index contributed by atoms with van der Waals surface area (Å²) in [5.74, 6) is 2.44. The van der Waals surface area contributed by atoms with Crippen molar-refractivity contribution in [3.8, 4) is 0 Å². The van der Waals surface area contributed by atoms with E-state index in [1.54, 1.807) is 0 Å². The summed E-state index contributed by atoms with van der Waals surface area (Å²) in [5.41, 5.74) is 5.53. The molecule has 1 fully saturated rings. The van der Waals surface area contributed by atoms with Crippen LogP contribution in [0.3, 0.4) is 0 Å². The van der Waals surface area contributed by atoms with Gasteiger partial charge in [-0.05, 0) is 57.6 Å². The van der Waals surface area contributed by atoms with Gasteiger partial charge in [0.1, 0.15) is 11.5 Å². The Morgan fingerprint density at radius 1 is 1.50 bits per heavy atom. The SMILES string of the molecule is Cc1ccc(C(C)NC(=O)C2(CN)CCC(C)CC2)o1. The van der Waals surface area contributed by atoms with E-state index in [0.717, 1.165) is 37.2 Å². The van der Waals surface area contributed by atoms with Crippen LogP contribution in [0.5, 0.6) is 0 Å². The van der Waals surface area contributed by atoms with Crippen LogP contribution in [0, 0.1) is 18.3 Å². The predicted octanol–water partition coefficient (Wildman–Crippen LogP) is 2.92. The first-order valence-electron chi connectivity index (χ1n) is 7.54. The van der Waals surface area contributed by atoms with Crippen LogP contribution < -0.4 is 11.1 Å². The third-order valence-corrected chi connectivity index (χ3v) is 4.64. The summed E-state index contributed by atoms with van der Waals surface area (Å²) in [6, 6.07) is 3.72. The molecule has 0 aromatic carbocycles. The molecule has 0 aliphatic heterocycles. The van der Waals surface area contributed by atoms with Crippen LogP contribution in [-0.2, 0) is 4.79 Å². The Morgan fingerprint density at radius 2 is 2.15 bits per heavy atom. The number of aryl methyl sites for hydroxylation is 1. The minimum absolute atomic E-state index is 0.0773. The zero-order valence-electron chi connectivity index (χ0n) is 12.7. The second-order valence-corrected chi connectivity index (χ2v) is 6.31. The largest absolute Gasteiger partial charge is 0.464 e. The summed E-state index contributed by atoms with van der Waals surface area (Å²) in [4.78, 5) is 12.6. The average Bonchev–Trinajstić information content (AvgIpc) is 2.86. The lowest BCUT2D eigenvalue weighted by Crippen LogP contribution is -2.48. The van der Waals surface area contributed by atoms with E-state index in [1.807, 2.05) is 26.0 Å². The zero-order chi connectivity index (χ0) is 14.8. The number of amides is 1. The third kappa shape index (κ3) is 3.06. The Bertz CT molecular complexity index is 459. The highest BCUT2D eigenvalue weighted by Crippen LogP contribution is 2.38. The molecular formula is C16H26N2O2. The smallest absolute Gasteiger partial charge is 0.228 e. The standard InChI is InChI=1S/C16H26N2O2/c1-11-6-8-16(10-17,9-7-11)15(19)18-13(3)14-5-4-12(2)20-14/h4-5,11,13H,6-10,17H2,1-3H3,(H,18,19). The lowest BCUT2D eigenvalue weighted by atomic mass is 9.70. The molecule has 1 amide bonds. The van der Waals surface area contributed by atoms with E-state index in [-0.39, 0.29) is 17.4 Å². The van der Waals surface area contributed by atoms with Crippen LogP contribution in [0.25, 0.3) is 0 Å². The molecule has 1 aliphatic carbocycles. The fourth-order valence-electron chi connectivity index (χ4n) is 2.95. The van der Waals surface area contributed by atoms with Crippen molar-refractivity contribution in [2.75, 3.05) is 6.54 Å². The highest BCUT2D eigenvalue weighted by molar-refractivity contribution is 5.83. The van der Waals surface area contributed by atoms with Gasteiger partial charge in [-0.1, -0.05) is 6.92 Å². The maximum Gasteiger partial charge on any atom is 0.228 e. The maximum absolute atomic E-state index is 12.6. The summed E-state index contributed by atoms with van der Waals surface area (Å²) in [6.45, 7) is 6.52. The molecule has 112 valence electrons. The van der Waals surface area contributed by atoms with Crippen molar-refractivity contribution in [2.45, 2.75) is 52.5 Å². The second kappa shape index (κ2) is 6.00. The van der Waals surface area contributed by atoms with E-state index >= 15 is 0 Å². The number of carbonyl (C=O) groups is 1. The van der Waals surface area contributed by atoms with Crippen molar-refractivity contribution >= 4 is 5.91 Å². The number of hydrogen-bond acceptors (Lipinski definition) is 3. The fourth-order valence-corrected chi connectivity index (χ4v) is 2.95. The molecule has 4 heteroatoms. The highest BCUT2D eigenvalue weighted by atomic mass is 16.3. The van der Waals surface area contributed by atoms with Crippen molar-refractivity contribution in [2.24, 2.45) is 17.1 Å². The van der Waals surface area contributed by atoms with Crippen molar-refractivity contribution < 1.29 is 9.21 Å². The normalized spacial score (nSPS) is 28.1. The molecule has 1 aliphatic rings. The van der Waals surface area contributed by atoms with Crippen molar-refractivity contribution in [1.29, 1.82) is 0 Å². The van der Waals surface area contributed by atoms with Crippen molar-refractivity contribution in [1.82, 2.24) is 5.32 Å². The second-order valence-electron chi connectivity index (χ2n) is 6.31. The van der Waals surface area contributed by atoms with E-state index in [1.165, 1.54) is 0 Å². The van der Waals surface area contributed by atoms with E-state index in [0.29, 0.717) is 12.5 Å². The molecule has 0 radical (unpaired) electrons. The molecule has 1 heterocycles. The molecule has 20 heavy (non-hydrogen) atoms. The van der Waals surface area contributed by atoms with Crippen LogP contribution in [0.4, 0.5) is 0 Å². The number of carbonyl (C=O) groups excluding carboxylic acids is 1. The van der Waals surface area contributed by atoms with Gasteiger partial charge in [-0.25, -0.2) is 0 Å². The number of hydrogen-bond donors (Lipinski definition) is 2. The molecule has 4 nitrogen and oxygen atoms in total. The maximum atomic E-state index is 12.6. The topological polar surface area (TPSA) is 68.3 Å². The lowest BCUT2D eigenvalue weighted by molar-refractivity contribution is -0.133. The van der Waals surface area contributed by atoms with Gasteiger partial charge >= 0.3 is 0 Å². The lowest BCUT2D eigenvalue weighted by Gasteiger charge is -2.37. The molecule has 0 saturated heterocycles. The van der Waals surface area contributed by atoms with Crippen molar-refractivity contribution in [3.05, 3.63) is 23.7 Å². The molecule has 1 unspecified atom stereocenters. The fraction of sp³-hybridized carbons (Fsp3) is 0.688. The van der Waals surface area contributed by atoms with Gasteiger partial charge in [-0.15, -0.1) is 0 Å². The molecule has 3 N–H and O–H groups in total. The Hall–Kier alpha value is -1.29. The van der Waals surface area contributed by atoms with Crippen LogP contribution >= 0.6 is 0 Å². The summed E-state index contributed by atoms with van der Waals surface area (Å²) in [7, 11) is 0. The predicted molar refractivity (Wildman–Crippen MR) is 79.1 cm³/mol. The van der Waals surface area contributed by atoms with E-state index in [4.69, 9.17) is 10.2 Å². The van der Waals surface area contributed by atoms with Gasteiger partial charge in [0, 0.05) is 6.54 Å². The van der Waals surface area contributed by atoms with Crippen LogP contribution in [-0.4, -0.2) is 12.5 Å². The Labute approximate surface area is 121 Å². The van der Waals surface area contributed by atoms with Gasteiger partial charge in [-0.3, -0.25) is 4.79 Å². The minimum atomic E-state index is -0.387. The number of rotatable bonds is 4. The summed E-state index contributed by atoms with van der Waals surface area (Å²) in [5, 5.41) is 3.07. The summed E-state index contributed by atoms with van der Waals surface area (Å²) < 4.78 is 5.57. The minimum Gasteiger partial charge on any atom is -0.464 e. The molecule has 0 spiro atoms. The van der Waals surface area contributed by atoms with E-state index < -0.39 is 0 Å². The average molecular weight is 278 g/mol. The highest BCUT2D eigenvalue weighted by Gasteiger charge is 2.40. The molecule has 1 saturated carbocycles. The van der Waals surface area contributed by atoms with Gasteiger partial charge in [-0.2, -0.15) is 0 Å². The van der Waals surface area contributed by atoms with Crippen molar-refractivity contribution in [3.63, 3.8) is 0 Å². The quantitative estimate of drug-likeness (QED) is 0.889. The van der Waals surface area contributed by atoms with Gasteiger partial charge < -0.3 is 15.5 Å². The van der Waals surface area contributed by atoms with E-state index in [9.17, 15) is 4.79 Å². The molecular weight excluding hydrogens is 252 g/mol. The molecule has 1 atom stereocenters. The Balaban J connectivity index is 2.02. The Kier molecular flexibility index (Phi) is 4.53. The van der Waals surface area contributed by atoms with Crippen LogP contribution in [0.2, 0.25) is 0 Å². The molecule has 1 aromatic rings. The summed E-state index contributed by atoms with van der Waals surface area (Å²) in [6.07, 6.45) is 3.94. The molecule has 0 bridgehead atoms. The summed E-state index contributed by atoms with van der Waals surface area (Å²) >= 11 is 0. The van der Waals surface area contributed by atoms with Gasteiger partial charge in [0.05, 0.1) is 11.5 Å². The number of furan rings is 1. The van der Waals surface area contributed by atoms with Gasteiger partial charge in [0.25, 0.3) is 0 Å². The van der Waals surface area contributed by atoms with E-state index in [2.05, 4.69) is 12.2 Å². The van der Waals surface area contributed by atoms with Crippen LogP contribution in [0.15, 0.2) is 16.5 Å². The number of nitrogens with one attached hydrogen (secondary N) is 1. The Morgan fingerprint density at radius 3 is 2.65 bits per heavy atom. The van der Waals surface area contributed by atoms with Gasteiger partial charge in [0.2, 0.25) is 5.91 Å². The first kappa shape index (κ1) is 15.1.